The first-order valence-electron chi connectivity index (χ1n) is 3.98. The highest BCUT2D eigenvalue weighted by atomic mass is 15.1. The molecule has 0 spiro atoms. The highest BCUT2D eigenvalue weighted by Gasteiger charge is 2.07. The van der Waals surface area contributed by atoms with Gasteiger partial charge in [0.1, 0.15) is 0 Å². The Morgan fingerprint density at radius 3 is 2.10 bits per heavy atom. The highest BCUT2D eigenvalue weighted by Crippen LogP contribution is 1.99. The molecule has 2 heteroatoms. The maximum Gasteiger partial charge on any atom is 0.0187 e. The average Bonchev–Trinajstić information content (AvgIpc) is 1.85. The van der Waals surface area contributed by atoms with Crippen molar-refractivity contribution < 1.29 is 0 Å². The molecule has 0 radical (unpaired) electrons. The smallest absolute Gasteiger partial charge is 0.0187 e. The number of likely N-dealkylation sites (N-methyl/N-ethyl adjacent to an activating group) is 1. The summed E-state index contributed by atoms with van der Waals surface area (Å²) in [4.78, 5) is 2.30. The summed E-state index contributed by atoms with van der Waals surface area (Å²) in [5.74, 6) is 0.735. The summed E-state index contributed by atoms with van der Waals surface area (Å²) in [6, 6.07) is 0.516. The van der Waals surface area contributed by atoms with Gasteiger partial charge in [0.2, 0.25) is 0 Å². The molecule has 1 atom stereocenters. The monoisotopic (exact) mass is 144 g/mol. The molecule has 0 aromatic heterocycles. The molecule has 10 heavy (non-hydrogen) atoms. The van der Waals surface area contributed by atoms with Crippen LogP contribution in [0.25, 0.3) is 0 Å². The van der Waals surface area contributed by atoms with Crippen molar-refractivity contribution in [3.63, 3.8) is 0 Å². The van der Waals surface area contributed by atoms with Crippen LogP contribution in [0.15, 0.2) is 0 Å². The minimum Gasteiger partial charge on any atom is -0.329 e. The molecule has 0 saturated carbocycles. The molecule has 0 rings (SSSR count). The Bertz CT molecular complexity index is 81.3. The van der Waals surface area contributed by atoms with Crippen molar-refractivity contribution >= 4 is 0 Å². The predicted octanol–water partition coefficient (Wildman–Crippen LogP) is 0.921. The van der Waals surface area contributed by atoms with Gasteiger partial charge in [-0.15, -0.1) is 0 Å². The van der Waals surface area contributed by atoms with Crippen molar-refractivity contribution in [2.75, 3.05) is 20.1 Å². The minimum absolute atomic E-state index is 0.516. The van der Waals surface area contributed by atoms with E-state index in [9.17, 15) is 0 Å². The van der Waals surface area contributed by atoms with E-state index >= 15 is 0 Å². The first-order valence-corrected chi connectivity index (χ1v) is 3.98. The molecular formula is C8H20N2. The summed E-state index contributed by atoms with van der Waals surface area (Å²) >= 11 is 0. The molecule has 0 bridgehead atoms. The third-order valence-electron chi connectivity index (χ3n) is 1.75. The van der Waals surface area contributed by atoms with Crippen molar-refractivity contribution in [1.82, 2.24) is 4.90 Å². The zero-order chi connectivity index (χ0) is 8.15. The fourth-order valence-electron chi connectivity index (χ4n) is 0.936. The molecule has 2 nitrogen and oxygen atoms in total. The summed E-state index contributed by atoms with van der Waals surface area (Å²) < 4.78 is 0. The van der Waals surface area contributed by atoms with Crippen molar-refractivity contribution in [1.29, 1.82) is 0 Å². The van der Waals surface area contributed by atoms with Crippen LogP contribution in [0.4, 0.5) is 0 Å². The van der Waals surface area contributed by atoms with Crippen molar-refractivity contribution in [3.8, 4) is 0 Å². The van der Waals surface area contributed by atoms with Crippen LogP contribution in [0.3, 0.4) is 0 Å². The molecule has 0 aliphatic heterocycles. The molecule has 0 aliphatic rings. The zero-order valence-corrected chi connectivity index (χ0v) is 7.59. The lowest BCUT2D eigenvalue weighted by molar-refractivity contribution is 0.235. The Hall–Kier alpha value is -0.0800. The van der Waals surface area contributed by atoms with Gasteiger partial charge in [-0.2, -0.15) is 0 Å². The van der Waals surface area contributed by atoms with Gasteiger partial charge in [-0.1, -0.05) is 13.8 Å². The van der Waals surface area contributed by atoms with Gasteiger partial charge in [0, 0.05) is 19.1 Å². The van der Waals surface area contributed by atoms with Crippen LogP contribution >= 0.6 is 0 Å². The molecule has 0 aromatic carbocycles. The summed E-state index contributed by atoms with van der Waals surface area (Å²) in [5, 5.41) is 0. The van der Waals surface area contributed by atoms with Crippen molar-refractivity contribution in [2.45, 2.75) is 26.8 Å². The SMILES string of the molecule is CC(C)CN(C)[C@H](C)CN. The van der Waals surface area contributed by atoms with Gasteiger partial charge in [0.15, 0.2) is 0 Å². The number of nitrogens with two attached hydrogens (primary N) is 1. The lowest BCUT2D eigenvalue weighted by Gasteiger charge is -2.24. The Morgan fingerprint density at radius 1 is 1.30 bits per heavy atom. The first-order chi connectivity index (χ1) is 4.57. The quantitative estimate of drug-likeness (QED) is 0.636. The molecule has 0 aromatic rings. The summed E-state index contributed by atoms with van der Waals surface area (Å²) in [6.45, 7) is 8.49. The molecule has 0 unspecified atom stereocenters. The Morgan fingerprint density at radius 2 is 1.80 bits per heavy atom. The van der Waals surface area contributed by atoms with Gasteiger partial charge in [0.05, 0.1) is 0 Å². The standard InChI is InChI=1S/C8H20N2/c1-7(2)6-10(4)8(3)5-9/h7-8H,5-6,9H2,1-4H3/t8-/m1/s1. The van der Waals surface area contributed by atoms with Crippen molar-refractivity contribution in [3.05, 3.63) is 0 Å². The summed E-state index contributed by atoms with van der Waals surface area (Å²) in [6.07, 6.45) is 0. The van der Waals surface area contributed by atoms with E-state index in [4.69, 9.17) is 5.73 Å². The summed E-state index contributed by atoms with van der Waals surface area (Å²) in [5.41, 5.74) is 5.51. The molecular weight excluding hydrogens is 124 g/mol. The molecule has 62 valence electrons. The van der Waals surface area contributed by atoms with Gasteiger partial charge in [-0.3, -0.25) is 0 Å². The Kier molecular flexibility index (Phi) is 4.65. The predicted molar refractivity (Wildman–Crippen MR) is 46.0 cm³/mol. The van der Waals surface area contributed by atoms with Gasteiger partial charge >= 0.3 is 0 Å². The zero-order valence-electron chi connectivity index (χ0n) is 7.59. The maximum atomic E-state index is 5.51. The molecule has 0 amide bonds. The fraction of sp³-hybridized carbons (Fsp3) is 1.00. The normalized spacial score (nSPS) is 14.7. The molecule has 0 heterocycles. The van der Waals surface area contributed by atoms with E-state index in [1.807, 2.05) is 0 Å². The Balaban J connectivity index is 3.50. The number of hydrogen-bond donors (Lipinski definition) is 1. The largest absolute Gasteiger partial charge is 0.329 e. The van der Waals surface area contributed by atoms with Crippen molar-refractivity contribution in [2.24, 2.45) is 11.7 Å². The van der Waals surface area contributed by atoms with Crippen LogP contribution < -0.4 is 5.73 Å². The van der Waals surface area contributed by atoms with E-state index < -0.39 is 0 Å². The number of nitrogens with zero attached hydrogens (tertiary/aromatic N) is 1. The number of rotatable bonds is 4. The topological polar surface area (TPSA) is 29.3 Å². The Labute approximate surface area is 64.4 Å². The van der Waals surface area contributed by atoms with Gasteiger partial charge in [0.25, 0.3) is 0 Å². The summed E-state index contributed by atoms with van der Waals surface area (Å²) in [7, 11) is 2.12. The van der Waals surface area contributed by atoms with Crippen LogP contribution in [0.1, 0.15) is 20.8 Å². The van der Waals surface area contributed by atoms with E-state index in [0.29, 0.717) is 6.04 Å². The van der Waals surface area contributed by atoms with Crippen LogP contribution in [-0.4, -0.2) is 31.1 Å². The number of hydrogen-bond acceptors (Lipinski definition) is 2. The lowest BCUT2D eigenvalue weighted by atomic mass is 10.2. The second-order valence-electron chi connectivity index (χ2n) is 3.42. The fourth-order valence-corrected chi connectivity index (χ4v) is 0.936. The molecule has 0 aliphatic carbocycles. The second kappa shape index (κ2) is 4.69. The van der Waals surface area contributed by atoms with Crippen LogP contribution in [0, 0.1) is 5.92 Å². The van der Waals surface area contributed by atoms with Gasteiger partial charge in [-0.25, -0.2) is 0 Å². The lowest BCUT2D eigenvalue weighted by Crippen LogP contribution is -2.37. The van der Waals surface area contributed by atoms with E-state index in [1.54, 1.807) is 0 Å². The van der Waals surface area contributed by atoms with E-state index in [-0.39, 0.29) is 0 Å². The van der Waals surface area contributed by atoms with E-state index in [1.165, 1.54) is 0 Å². The van der Waals surface area contributed by atoms with Crippen LogP contribution in [-0.2, 0) is 0 Å². The molecule has 0 fully saturated rings. The third kappa shape index (κ3) is 3.85. The van der Waals surface area contributed by atoms with Gasteiger partial charge in [-0.05, 0) is 19.9 Å². The molecule has 2 N–H and O–H groups in total. The van der Waals surface area contributed by atoms with Crippen LogP contribution in [0.5, 0.6) is 0 Å². The highest BCUT2D eigenvalue weighted by molar-refractivity contribution is 4.64. The first kappa shape index (κ1) is 9.92. The minimum atomic E-state index is 0.516. The van der Waals surface area contributed by atoms with E-state index in [2.05, 4.69) is 32.7 Å². The van der Waals surface area contributed by atoms with E-state index in [0.717, 1.165) is 19.0 Å². The molecule has 0 saturated heterocycles. The second-order valence-corrected chi connectivity index (χ2v) is 3.42. The van der Waals surface area contributed by atoms with Crippen LogP contribution in [0.2, 0.25) is 0 Å². The average molecular weight is 144 g/mol. The maximum absolute atomic E-state index is 5.51. The van der Waals surface area contributed by atoms with Gasteiger partial charge < -0.3 is 10.6 Å². The third-order valence-corrected chi connectivity index (χ3v) is 1.75.